The van der Waals surface area contributed by atoms with Crippen molar-refractivity contribution in [1.29, 1.82) is 0 Å². The molecule has 1 saturated heterocycles. The standard InChI is InChI=1S/C17H19N5O5/c23-6-11-13(25)14(26)17(27-11)22-8-21-12-15(19-7-20-16(12)22)18-5-9-2-1-3-10(24)4-9/h1-4,7-8,11,13-14,17,23-26H,5-6H2,(H,18,19,20)/t11-,13-,14-,17-/m1/s1/i5D2,18+1. The lowest BCUT2D eigenvalue weighted by Gasteiger charge is -2.16. The maximum Gasteiger partial charge on any atom is 0.167 e. The predicted octanol–water partition coefficient (Wildman–Crippen LogP) is -0.245. The number of imidazole rings is 1. The Morgan fingerprint density at radius 3 is 2.81 bits per heavy atom. The van der Waals surface area contributed by atoms with E-state index >= 15 is 0 Å². The summed E-state index contributed by atoms with van der Waals surface area (Å²) in [7, 11) is 0. The third-order valence-electron chi connectivity index (χ3n) is 4.32. The van der Waals surface area contributed by atoms with Crippen LogP contribution in [-0.2, 0) is 11.2 Å². The first-order valence-electron chi connectivity index (χ1n) is 9.19. The molecule has 3 aromatic rings. The van der Waals surface area contributed by atoms with Crippen LogP contribution in [0.1, 0.15) is 14.5 Å². The number of anilines is 1. The highest BCUT2D eigenvalue weighted by molar-refractivity contribution is 5.82. The smallest absolute Gasteiger partial charge is 0.167 e. The van der Waals surface area contributed by atoms with Gasteiger partial charge in [-0.2, -0.15) is 0 Å². The topological polar surface area (TPSA) is 146 Å². The molecule has 1 aliphatic heterocycles. The second-order valence-electron chi connectivity index (χ2n) is 6.08. The van der Waals surface area contributed by atoms with Crippen LogP contribution in [0.25, 0.3) is 11.2 Å². The first-order chi connectivity index (χ1) is 13.8. The number of hydrogen-bond donors (Lipinski definition) is 5. The number of aliphatic hydroxyl groups excluding tert-OH is 3. The molecule has 10 nitrogen and oxygen atoms in total. The van der Waals surface area contributed by atoms with Crippen LogP contribution in [0.5, 0.6) is 5.75 Å². The summed E-state index contributed by atoms with van der Waals surface area (Å²) >= 11 is 0. The SMILES string of the molecule is [2H]C([2H])([15NH]c1ncnc2c1ncn2[C@@H]1O[C@H](CO)[C@@H](O)[C@H]1O)c1cccc(O)c1. The molecule has 0 bridgehead atoms. The van der Waals surface area contributed by atoms with Gasteiger partial charge in [-0.1, -0.05) is 12.1 Å². The zero-order valence-corrected chi connectivity index (χ0v) is 14.0. The van der Waals surface area contributed by atoms with Crippen molar-refractivity contribution in [1.82, 2.24) is 19.5 Å². The van der Waals surface area contributed by atoms with E-state index in [0.29, 0.717) is 0 Å². The van der Waals surface area contributed by atoms with Crippen molar-refractivity contribution in [2.45, 2.75) is 31.0 Å². The maximum atomic E-state index is 10.2. The molecule has 0 radical (unpaired) electrons. The van der Waals surface area contributed by atoms with Crippen LogP contribution in [0.4, 0.5) is 5.82 Å². The molecule has 0 spiro atoms. The van der Waals surface area contributed by atoms with Crippen molar-refractivity contribution in [3.63, 3.8) is 0 Å². The van der Waals surface area contributed by atoms with Crippen LogP contribution < -0.4 is 5.32 Å². The molecule has 1 aromatic carbocycles. The molecule has 10 heteroatoms. The Labute approximate surface area is 156 Å². The van der Waals surface area contributed by atoms with E-state index in [2.05, 4.69) is 20.3 Å². The third-order valence-corrected chi connectivity index (χ3v) is 4.32. The fourth-order valence-corrected chi connectivity index (χ4v) is 2.95. The molecule has 1 aliphatic rings. The molecule has 0 unspecified atom stereocenters. The number of aromatic hydroxyl groups is 1. The Hall–Kier alpha value is -2.79. The molecule has 4 rings (SSSR count). The number of nitrogens with zero attached hydrogens (tertiary/aromatic N) is 4. The number of phenols is 1. The summed E-state index contributed by atoms with van der Waals surface area (Å²) in [5.41, 5.74) is 0.644. The maximum absolute atomic E-state index is 10.2. The zero-order chi connectivity index (χ0) is 20.8. The average Bonchev–Trinajstić information content (AvgIpc) is 3.24. The van der Waals surface area contributed by atoms with Crippen molar-refractivity contribution in [2.24, 2.45) is 0 Å². The molecule has 0 amide bonds. The van der Waals surface area contributed by atoms with Crippen LogP contribution in [0.15, 0.2) is 36.9 Å². The van der Waals surface area contributed by atoms with E-state index in [1.165, 1.54) is 41.5 Å². The van der Waals surface area contributed by atoms with E-state index in [-0.39, 0.29) is 28.3 Å². The number of fused-ring (bicyclic) bond motifs is 1. The number of aliphatic hydroxyl groups is 3. The van der Waals surface area contributed by atoms with Gasteiger partial charge in [0.15, 0.2) is 23.2 Å². The lowest BCUT2D eigenvalue weighted by atomic mass is 10.1. The highest BCUT2D eigenvalue weighted by Crippen LogP contribution is 2.32. The summed E-state index contributed by atoms with van der Waals surface area (Å²) in [4.78, 5) is 12.4. The number of hydrogen-bond acceptors (Lipinski definition) is 9. The fourth-order valence-electron chi connectivity index (χ4n) is 2.95. The molecule has 3 heterocycles. The minimum Gasteiger partial charge on any atom is -0.508 e. The van der Waals surface area contributed by atoms with E-state index in [1.807, 2.05) is 0 Å². The van der Waals surface area contributed by atoms with E-state index in [9.17, 15) is 20.4 Å². The molecule has 142 valence electrons. The van der Waals surface area contributed by atoms with Gasteiger partial charge >= 0.3 is 0 Å². The minimum absolute atomic E-state index is 0.0744. The van der Waals surface area contributed by atoms with Gasteiger partial charge in [0.1, 0.15) is 30.4 Å². The van der Waals surface area contributed by atoms with E-state index in [0.717, 1.165) is 0 Å². The largest absolute Gasteiger partial charge is 0.508 e. The Morgan fingerprint density at radius 1 is 1.22 bits per heavy atom. The number of rotatable bonds is 5. The summed E-state index contributed by atoms with van der Waals surface area (Å²) in [6.45, 7) is -2.54. The molecular weight excluding hydrogens is 355 g/mol. The summed E-state index contributed by atoms with van der Waals surface area (Å²) in [6.07, 6.45) is -2.04. The Kier molecular flexibility index (Phi) is 4.01. The van der Waals surface area contributed by atoms with Gasteiger partial charge in [-0.15, -0.1) is 0 Å². The van der Waals surface area contributed by atoms with E-state index in [1.54, 1.807) is 0 Å². The zero-order valence-electron chi connectivity index (χ0n) is 16.0. The molecule has 1 fully saturated rings. The fraction of sp³-hybridized carbons (Fsp3) is 0.353. The predicted molar refractivity (Wildman–Crippen MR) is 93.8 cm³/mol. The molecule has 0 saturated carbocycles. The average molecular weight is 376 g/mol. The van der Waals surface area contributed by atoms with Crippen LogP contribution in [-0.4, -0.2) is 64.9 Å². The first-order valence-corrected chi connectivity index (χ1v) is 8.19. The minimum atomic E-state index is -2.08. The Bertz CT molecular complexity index is 1030. The highest BCUT2D eigenvalue weighted by atomic mass is 16.6. The van der Waals surface area contributed by atoms with Gasteiger partial charge in [0.25, 0.3) is 0 Å². The van der Waals surface area contributed by atoms with E-state index in [4.69, 9.17) is 7.48 Å². The molecule has 5 N–H and O–H groups in total. The van der Waals surface area contributed by atoms with Gasteiger partial charge < -0.3 is 30.5 Å². The lowest BCUT2D eigenvalue weighted by Crippen LogP contribution is -2.33. The van der Waals surface area contributed by atoms with Gasteiger partial charge in [-0.3, -0.25) is 4.57 Å². The summed E-state index contributed by atoms with van der Waals surface area (Å²) in [5.74, 6) is 0.0171. The molecule has 2 aromatic heterocycles. The monoisotopic (exact) mass is 376 g/mol. The van der Waals surface area contributed by atoms with Gasteiger partial charge in [0.05, 0.1) is 15.7 Å². The highest BCUT2D eigenvalue weighted by Gasteiger charge is 2.44. The summed E-state index contributed by atoms with van der Waals surface area (Å²) in [6, 6.07) is 5.77. The number of ether oxygens (including phenoxy) is 1. The Morgan fingerprint density at radius 2 is 2.07 bits per heavy atom. The van der Waals surface area contributed by atoms with E-state index < -0.39 is 37.6 Å². The molecule has 0 aliphatic carbocycles. The van der Waals surface area contributed by atoms with Crippen molar-refractivity contribution >= 4 is 17.0 Å². The normalized spacial score (nSPS) is 26.8. The first kappa shape index (κ1) is 15.3. The summed E-state index contributed by atoms with van der Waals surface area (Å²) < 4.78 is 23.5. The molecule has 4 atom stereocenters. The van der Waals surface area contributed by atoms with Crippen LogP contribution in [0.2, 0.25) is 0 Å². The van der Waals surface area contributed by atoms with Crippen molar-refractivity contribution < 1.29 is 27.9 Å². The van der Waals surface area contributed by atoms with Gasteiger partial charge in [-0.05, 0) is 17.7 Å². The Balaban J connectivity index is 1.68. The van der Waals surface area contributed by atoms with Crippen molar-refractivity contribution in [3.05, 3.63) is 42.5 Å². The van der Waals surface area contributed by atoms with Gasteiger partial charge in [-0.25, -0.2) is 15.0 Å². The third kappa shape index (κ3) is 3.19. The lowest BCUT2D eigenvalue weighted by molar-refractivity contribution is -0.0511. The van der Waals surface area contributed by atoms with Gasteiger partial charge in [0.2, 0.25) is 0 Å². The quantitative estimate of drug-likeness (QED) is 0.381. The number of aromatic nitrogens is 4. The second-order valence-corrected chi connectivity index (χ2v) is 6.08. The van der Waals surface area contributed by atoms with Crippen LogP contribution in [0.3, 0.4) is 0 Å². The second kappa shape index (κ2) is 7.08. The number of nitrogens with one attached hydrogen (secondary N) is 1. The number of benzene rings is 1. The summed E-state index contributed by atoms with van der Waals surface area (Å²) in [5, 5.41) is 41.7. The van der Waals surface area contributed by atoms with Crippen LogP contribution >= 0.6 is 0 Å². The number of phenolic OH excluding ortho intramolecular Hbond substituents is 1. The molecular formula is C17H19N5O5. The van der Waals surface area contributed by atoms with Crippen molar-refractivity contribution in [2.75, 3.05) is 11.9 Å². The van der Waals surface area contributed by atoms with Crippen molar-refractivity contribution in [3.8, 4) is 5.75 Å². The van der Waals surface area contributed by atoms with Crippen LogP contribution in [0, 0.1) is 0 Å². The molecule has 27 heavy (non-hydrogen) atoms. The van der Waals surface area contributed by atoms with Gasteiger partial charge in [0, 0.05) is 6.50 Å².